The Morgan fingerprint density at radius 2 is 1.93 bits per heavy atom. The summed E-state index contributed by atoms with van der Waals surface area (Å²) in [5.74, 6) is 0.832. The summed E-state index contributed by atoms with van der Waals surface area (Å²) in [6.45, 7) is 2.52. The molecule has 4 nitrogen and oxygen atoms in total. The van der Waals surface area contributed by atoms with Crippen LogP contribution in [-0.2, 0) is 6.18 Å². The van der Waals surface area contributed by atoms with Crippen LogP contribution in [0.2, 0.25) is 5.02 Å². The molecule has 2 aromatic carbocycles. The quantitative estimate of drug-likeness (QED) is 0.579. The second-order valence-corrected chi connectivity index (χ2v) is 7.97. The first kappa shape index (κ1) is 20.0. The molecular weight excluding hydrogens is 403 g/mol. The van der Waals surface area contributed by atoms with E-state index in [9.17, 15) is 13.2 Å². The molecule has 154 valence electrons. The van der Waals surface area contributed by atoms with Gasteiger partial charge in [0.1, 0.15) is 17.9 Å². The van der Waals surface area contributed by atoms with E-state index in [4.69, 9.17) is 16.3 Å². The summed E-state index contributed by atoms with van der Waals surface area (Å²) < 4.78 is 44.4. The van der Waals surface area contributed by atoms with Crippen LogP contribution >= 0.6 is 11.6 Å². The average Bonchev–Trinajstić information content (AvgIpc) is 3.15. The number of alkyl halides is 3. The van der Waals surface area contributed by atoms with E-state index in [1.54, 1.807) is 24.5 Å². The zero-order valence-corrected chi connectivity index (χ0v) is 16.5. The third kappa shape index (κ3) is 4.51. The first-order valence-corrected chi connectivity index (χ1v) is 9.86. The number of aromatic nitrogens is 2. The molecule has 0 aliphatic carbocycles. The van der Waals surface area contributed by atoms with Gasteiger partial charge in [-0.1, -0.05) is 23.7 Å². The fourth-order valence-corrected chi connectivity index (χ4v) is 4.26. The van der Waals surface area contributed by atoms with Crippen molar-refractivity contribution in [2.45, 2.75) is 43.9 Å². The van der Waals surface area contributed by atoms with Crippen LogP contribution in [0.25, 0.3) is 11.0 Å². The standard InChI is InChI=1S/C21H21ClF3N3O/c1-12-6-14(13-2-4-15(5-3-13)21(23,24)25)7-16(28-12)10-29-17-8-18(22)20-19(9-17)26-11-27-20/h2-5,8-9,11-12,14,16,28H,6-7,10H2,1H3,(H,26,27). The fraction of sp³-hybridized carbons (Fsp3) is 0.381. The number of nitrogens with one attached hydrogen (secondary N) is 2. The third-order valence-electron chi connectivity index (χ3n) is 5.34. The third-order valence-corrected chi connectivity index (χ3v) is 5.63. The van der Waals surface area contributed by atoms with Gasteiger partial charge in [-0.3, -0.25) is 0 Å². The highest BCUT2D eigenvalue weighted by Crippen LogP contribution is 2.34. The number of hydrogen-bond donors (Lipinski definition) is 2. The van der Waals surface area contributed by atoms with E-state index >= 15 is 0 Å². The number of fused-ring (bicyclic) bond motifs is 1. The van der Waals surface area contributed by atoms with Crippen LogP contribution in [-0.4, -0.2) is 28.7 Å². The van der Waals surface area contributed by atoms with Crippen molar-refractivity contribution in [3.63, 3.8) is 0 Å². The Morgan fingerprint density at radius 1 is 1.17 bits per heavy atom. The van der Waals surface area contributed by atoms with Crippen molar-refractivity contribution in [1.82, 2.24) is 15.3 Å². The molecule has 2 heterocycles. The average molecular weight is 424 g/mol. The smallest absolute Gasteiger partial charge is 0.416 e. The number of hydrogen-bond acceptors (Lipinski definition) is 3. The lowest BCUT2D eigenvalue weighted by Gasteiger charge is -2.35. The second-order valence-electron chi connectivity index (χ2n) is 7.57. The molecule has 1 aliphatic rings. The van der Waals surface area contributed by atoms with Crippen molar-refractivity contribution in [2.75, 3.05) is 6.61 Å². The van der Waals surface area contributed by atoms with E-state index in [2.05, 4.69) is 22.2 Å². The zero-order valence-electron chi connectivity index (χ0n) is 15.8. The minimum atomic E-state index is -4.31. The summed E-state index contributed by atoms with van der Waals surface area (Å²) in [5, 5.41) is 4.03. The van der Waals surface area contributed by atoms with E-state index < -0.39 is 11.7 Å². The maximum atomic E-state index is 12.8. The molecule has 0 saturated carbocycles. The van der Waals surface area contributed by atoms with Gasteiger partial charge in [0.25, 0.3) is 0 Å². The maximum absolute atomic E-state index is 12.8. The summed E-state index contributed by atoms with van der Waals surface area (Å²) in [6, 6.07) is 9.43. The van der Waals surface area contributed by atoms with Crippen LogP contribution < -0.4 is 10.1 Å². The monoisotopic (exact) mass is 423 g/mol. The lowest BCUT2D eigenvalue weighted by atomic mass is 9.83. The number of halogens is 4. The Balaban J connectivity index is 1.43. The van der Waals surface area contributed by atoms with E-state index in [0.717, 1.165) is 36.1 Å². The Bertz CT molecular complexity index is 987. The highest BCUT2D eigenvalue weighted by atomic mass is 35.5. The van der Waals surface area contributed by atoms with Crippen molar-refractivity contribution in [3.8, 4) is 5.75 Å². The summed E-state index contributed by atoms with van der Waals surface area (Å²) >= 11 is 6.24. The summed E-state index contributed by atoms with van der Waals surface area (Å²) in [4.78, 5) is 7.18. The second kappa shape index (κ2) is 7.88. The first-order chi connectivity index (χ1) is 13.8. The molecule has 8 heteroatoms. The molecule has 0 bridgehead atoms. The predicted octanol–water partition coefficient (Wildman–Crippen LogP) is 5.54. The Morgan fingerprint density at radius 3 is 2.66 bits per heavy atom. The van der Waals surface area contributed by atoms with Crippen LogP contribution in [0, 0.1) is 0 Å². The lowest BCUT2D eigenvalue weighted by Crippen LogP contribution is -2.46. The molecule has 2 N–H and O–H groups in total. The van der Waals surface area contributed by atoms with E-state index in [-0.39, 0.29) is 18.0 Å². The topological polar surface area (TPSA) is 49.9 Å². The number of benzene rings is 2. The maximum Gasteiger partial charge on any atom is 0.416 e. The van der Waals surface area contributed by atoms with Gasteiger partial charge in [-0.25, -0.2) is 4.98 Å². The van der Waals surface area contributed by atoms with Crippen molar-refractivity contribution in [1.29, 1.82) is 0 Å². The van der Waals surface area contributed by atoms with Crippen LogP contribution in [0.4, 0.5) is 13.2 Å². The Labute approximate surface area is 171 Å². The van der Waals surface area contributed by atoms with Crippen molar-refractivity contribution >= 4 is 22.6 Å². The molecule has 0 amide bonds. The van der Waals surface area contributed by atoms with Crippen LogP contribution in [0.5, 0.6) is 5.75 Å². The minimum absolute atomic E-state index is 0.0854. The molecule has 1 aromatic heterocycles. The van der Waals surface area contributed by atoms with Gasteiger partial charge in [-0.2, -0.15) is 13.2 Å². The Hall–Kier alpha value is -2.25. The van der Waals surface area contributed by atoms with Crippen LogP contribution in [0.15, 0.2) is 42.7 Å². The zero-order chi connectivity index (χ0) is 20.6. The molecule has 4 rings (SSSR count). The molecule has 0 radical (unpaired) electrons. The molecule has 1 fully saturated rings. The number of piperidine rings is 1. The SMILES string of the molecule is CC1CC(c2ccc(C(F)(F)F)cc2)CC(COc2cc(Cl)c3nc[nH]c3c2)N1. The van der Waals surface area contributed by atoms with Crippen LogP contribution in [0.1, 0.15) is 36.8 Å². The number of H-pyrrole nitrogens is 1. The van der Waals surface area contributed by atoms with Gasteiger partial charge in [0.15, 0.2) is 0 Å². The molecule has 1 saturated heterocycles. The van der Waals surface area contributed by atoms with E-state index in [1.165, 1.54) is 0 Å². The van der Waals surface area contributed by atoms with Gasteiger partial charge in [0, 0.05) is 24.2 Å². The van der Waals surface area contributed by atoms with Gasteiger partial charge in [0.05, 0.1) is 22.4 Å². The fourth-order valence-electron chi connectivity index (χ4n) is 4.00. The summed E-state index contributed by atoms with van der Waals surface area (Å²) in [6.07, 6.45) is -1.07. The minimum Gasteiger partial charge on any atom is -0.492 e. The van der Waals surface area contributed by atoms with Crippen molar-refractivity contribution in [3.05, 3.63) is 58.9 Å². The van der Waals surface area contributed by atoms with Gasteiger partial charge in [0.2, 0.25) is 0 Å². The molecule has 29 heavy (non-hydrogen) atoms. The highest BCUT2D eigenvalue weighted by Gasteiger charge is 2.31. The van der Waals surface area contributed by atoms with Crippen molar-refractivity contribution in [2.24, 2.45) is 0 Å². The van der Waals surface area contributed by atoms with E-state index in [0.29, 0.717) is 22.9 Å². The van der Waals surface area contributed by atoms with Crippen LogP contribution in [0.3, 0.4) is 0 Å². The first-order valence-electron chi connectivity index (χ1n) is 9.48. The highest BCUT2D eigenvalue weighted by molar-refractivity contribution is 6.35. The van der Waals surface area contributed by atoms with Gasteiger partial charge >= 0.3 is 6.18 Å². The van der Waals surface area contributed by atoms with Crippen molar-refractivity contribution < 1.29 is 17.9 Å². The summed E-state index contributed by atoms with van der Waals surface area (Å²) in [7, 11) is 0. The number of rotatable bonds is 4. The number of nitrogens with zero attached hydrogens (tertiary/aromatic N) is 1. The van der Waals surface area contributed by atoms with E-state index in [1.807, 2.05) is 6.07 Å². The normalized spacial score (nSPS) is 22.7. The lowest BCUT2D eigenvalue weighted by molar-refractivity contribution is -0.137. The number of aromatic amines is 1. The predicted molar refractivity (Wildman–Crippen MR) is 106 cm³/mol. The molecule has 3 aromatic rings. The molecule has 3 unspecified atom stereocenters. The summed E-state index contributed by atoms with van der Waals surface area (Å²) in [5.41, 5.74) is 1.82. The number of ether oxygens (including phenoxy) is 1. The molecule has 1 aliphatic heterocycles. The Kier molecular flexibility index (Phi) is 5.44. The van der Waals surface area contributed by atoms with Gasteiger partial charge in [-0.05, 0) is 43.4 Å². The van der Waals surface area contributed by atoms with Gasteiger partial charge < -0.3 is 15.0 Å². The largest absolute Gasteiger partial charge is 0.492 e. The molecular formula is C21H21ClF3N3O. The number of imidazole rings is 1. The molecule has 3 atom stereocenters. The molecule has 0 spiro atoms. The van der Waals surface area contributed by atoms with Gasteiger partial charge in [-0.15, -0.1) is 0 Å².